The van der Waals surface area contributed by atoms with Crippen LogP contribution in [0.1, 0.15) is 31.2 Å². The summed E-state index contributed by atoms with van der Waals surface area (Å²) in [6, 6.07) is 6.36. The highest BCUT2D eigenvalue weighted by molar-refractivity contribution is 7.89. The van der Waals surface area contributed by atoms with Crippen molar-refractivity contribution < 1.29 is 13.2 Å². The molecule has 0 atom stereocenters. The zero-order chi connectivity index (χ0) is 15.5. The molecule has 4 N–H and O–H groups in total. The number of hydrogen-bond acceptors (Lipinski definition) is 4. The first kappa shape index (κ1) is 15.9. The third-order valence-corrected chi connectivity index (χ3v) is 5.68. The molecule has 0 aromatic heterocycles. The van der Waals surface area contributed by atoms with Crippen LogP contribution in [0.4, 0.5) is 0 Å². The van der Waals surface area contributed by atoms with Crippen LogP contribution in [0.25, 0.3) is 0 Å². The van der Waals surface area contributed by atoms with Gasteiger partial charge in [0.2, 0.25) is 15.9 Å². The molecule has 116 valence electrons. The summed E-state index contributed by atoms with van der Waals surface area (Å²) >= 11 is 0. The van der Waals surface area contributed by atoms with Gasteiger partial charge in [0.15, 0.2) is 0 Å². The lowest BCUT2D eigenvalue weighted by Gasteiger charge is -2.27. The van der Waals surface area contributed by atoms with E-state index in [4.69, 9.17) is 11.5 Å². The highest BCUT2D eigenvalue weighted by atomic mass is 32.2. The molecule has 1 saturated carbocycles. The van der Waals surface area contributed by atoms with Crippen LogP contribution in [0.5, 0.6) is 0 Å². The van der Waals surface area contributed by atoms with Crippen LogP contribution >= 0.6 is 0 Å². The first-order chi connectivity index (χ1) is 9.95. The Morgan fingerprint density at radius 1 is 1.29 bits per heavy atom. The fourth-order valence-electron chi connectivity index (χ4n) is 2.72. The molecule has 1 aromatic rings. The molecule has 21 heavy (non-hydrogen) atoms. The van der Waals surface area contributed by atoms with Crippen molar-refractivity contribution in [1.82, 2.24) is 4.31 Å². The highest BCUT2D eigenvalue weighted by Gasteiger charge is 2.34. The molecule has 1 fully saturated rings. The molecule has 0 bridgehead atoms. The lowest BCUT2D eigenvalue weighted by atomic mass is 10.2. The summed E-state index contributed by atoms with van der Waals surface area (Å²) in [4.78, 5) is 11.4. The number of hydrogen-bond donors (Lipinski definition) is 2. The van der Waals surface area contributed by atoms with Crippen LogP contribution in [0.15, 0.2) is 29.2 Å². The summed E-state index contributed by atoms with van der Waals surface area (Å²) in [7, 11) is -3.74. The zero-order valence-corrected chi connectivity index (χ0v) is 12.7. The van der Waals surface area contributed by atoms with E-state index in [0.29, 0.717) is 0 Å². The molecular formula is C14H21N3O3S. The van der Waals surface area contributed by atoms with Gasteiger partial charge in [-0.25, -0.2) is 8.42 Å². The fourth-order valence-corrected chi connectivity index (χ4v) is 4.45. The Balaban J connectivity index is 2.37. The monoisotopic (exact) mass is 311 g/mol. The number of benzene rings is 1. The van der Waals surface area contributed by atoms with Crippen molar-refractivity contribution in [3.8, 4) is 0 Å². The minimum Gasteiger partial charge on any atom is -0.369 e. The summed E-state index contributed by atoms with van der Waals surface area (Å²) < 4.78 is 26.8. The van der Waals surface area contributed by atoms with Crippen LogP contribution < -0.4 is 11.5 Å². The Hall–Kier alpha value is -1.44. The van der Waals surface area contributed by atoms with Gasteiger partial charge < -0.3 is 11.5 Å². The van der Waals surface area contributed by atoms with Gasteiger partial charge in [-0.05, 0) is 30.5 Å². The Bertz CT molecular complexity index is 610. The molecule has 0 aliphatic heterocycles. The second kappa shape index (κ2) is 6.55. The molecule has 1 aliphatic carbocycles. The maximum atomic E-state index is 12.8. The molecule has 2 rings (SSSR count). The summed E-state index contributed by atoms with van der Waals surface area (Å²) in [6.07, 6.45) is 3.47. The summed E-state index contributed by atoms with van der Waals surface area (Å²) in [5.41, 5.74) is 11.5. The maximum Gasteiger partial charge on any atom is 0.243 e. The second-order valence-electron chi connectivity index (χ2n) is 5.31. The van der Waals surface area contributed by atoms with Crippen molar-refractivity contribution in [3.63, 3.8) is 0 Å². The van der Waals surface area contributed by atoms with Crippen molar-refractivity contribution >= 4 is 15.9 Å². The molecule has 1 aromatic carbocycles. The zero-order valence-electron chi connectivity index (χ0n) is 11.9. The van der Waals surface area contributed by atoms with E-state index in [0.717, 1.165) is 31.2 Å². The Morgan fingerprint density at radius 2 is 1.95 bits per heavy atom. The molecule has 0 saturated heterocycles. The average molecular weight is 311 g/mol. The fraction of sp³-hybridized carbons (Fsp3) is 0.500. The Labute approximate surface area is 125 Å². The van der Waals surface area contributed by atoms with E-state index in [1.165, 1.54) is 10.4 Å². The first-order valence-corrected chi connectivity index (χ1v) is 8.48. The van der Waals surface area contributed by atoms with E-state index in [1.54, 1.807) is 18.2 Å². The van der Waals surface area contributed by atoms with Gasteiger partial charge in [0, 0.05) is 12.6 Å². The van der Waals surface area contributed by atoms with E-state index in [-0.39, 0.29) is 24.0 Å². The quantitative estimate of drug-likeness (QED) is 0.800. The molecule has 0 radical (unpaired) electrons. The molecule has 1 amide bonds. The van der Waals surface area contributed by atoms with E-state index in [1.807, 2.05) is 0 Å². The topological polar surface area (TPSA) is 106 Å². The summed E-state index contributed by atoms with van der Waals surface area (Å²) in [5.74, 6) is -0.638. The van der Waals surface area contributed by atoms with Crippen molar-refractivity contribution in [2.75, 3.05) is 6.54 Å². The van der Waals surface area contributed by atoms with Crippen molar-refractivity contribution in [3.05, 3.63) is 29.8 Å². The number of amides is 1. The number of carbonyl (C=O) groups excluding carboxylic acids is 1. The minimum atomic E-state index is -3.74. The number of sulfonamides is 1. The Kier molecular flexibility index (Phi) is 4.97. The molecule has 0 spiro atoms. The van der Waals surface area contributed by atoms with E-state index in [9.17, 15) is 13.2 Å². The normalized spacial score (nSPS) is 16.5. The van der Waals surface area contributed by atoms with Gasteiger partial charge in [0.1, 0.15) is 0 Å². The van der Waals surface area contributed by atoms with Gasteiger partial charge in [-0.1, -0.05) is 25.0 Å². The van der Waals surface area contributed by atoms with E-state index >= 15 is 0 Å². The smallest absolute Gasteiger partial charge is 0.243 e. The molecule has 7 heteroatoms. The average Bonchev–Trinajstić information content (AvgIpc) is 2.98. The SMILES string of the molecule is NCc1cccc(S(=O)(=O)N(CC(N)=O)C2CCCC2)c1. The number of primary amides is 1. The molecule has 6 nitrogen and oxygen atoms in total. The second-order valence-corrected chi connectivity index (χ2v) is 7.20. The van der Waals surface area contributed by atoms with Crippen LogP contribution in [0.2, 0.25) is 0 Å². The maximum absolute atomic E-state index is 12.8. The van der Waals surface area contributed by atoms with E-state index in [2.05, 4.69) is 0 Å². The number of rotatable bonds is 6. The van der Waals surface area contributed by atoms with Crippen molar-refractivity contribution in [1.29, 1.82) is 0 Å². The Morgan fingerprint density at radius 3 is 2.52 bits per heavy atom. The number of nitrogens with zero attached hydrogens (tertiary/aromatic N) is 1. The van der Waals surface area contributed by atoms with Crippen LogP contribution in [0.3, 0.4) is 0 Å². The summed E-state index contributed by atoms with van der Waals surface area (Å²) in [5, 5.41) is 0. The predicted octanol–water partition coefficient (Wildman–Crippen LogP) is 0.564. The third kappa shape index (κ3) is 3.61. The number of carbonyl (C=O) groups is 1. The van der Waals surface area contributed by atoms with Gasteiger partial charge in [0.25, 0.3) is 0 Å². The highest BCUT2D eigenvalue weighted by Crippen LogP contribution is 2.28. The van der Waals surface area contributed by atoms with E-state index < -0.39 is 15.9 Å². The van der Waals surface area contributed by atoms with Crippen LogP contribution in [-0.2, 0) is 21.4 Å². The molecule has 1 aliphatic rings. The van der Waals surface area contributed by atoms with Gasteiger partial charge in [-0.3, -0.25) is 4.79 Å². The lowest BCUT2D eigenvalue weighted by molar-refractivity contribution is -0.118. The lowest BCUT2D eigenvalue weighted by Crippen LogP contribution is -2.44. The first-order valence-electron chi connectivity index (χ1n) is 7.04. The van der Waals surface area contributed by atoms with Gasteiger partial charge >= 0.3 is 0 Å². The largest absolute Gasteiger partial charge is 0.369 e. The van der Waals surface area contributed by atoms with Gasteiger partial charge in [-0.15, -0.1) is 0 Å². The standard InChI is InChI=1S/C14H21N3O3S/c15-9-11-4-3-7-13(8-11)21(19,20)17(10-14(16)18)12-5-1-2-6-12/h3-4,7-8,12H,1-2,5-6,9-10,15H2,(H2,16,18). The minimum absolute atomic E-state index is 0.149. The van der Waals surface area contributed by atoms with Gasteiger partial charge in [-0.2, -0.15) is 4.31 Å². The van der Waals surface area contributed by atoms with Crippen LogP contribution in [-0.4, -0.2) is 31.2 Å². The van der Waals surface area contributed by atoms with Crippen LogP contribution in [0, 0.1) is 0 Å². The van der Waals surface area contributed by atoms with Crippen molar-refractivity contribution in [2.45, 2.75) is 43.2 Å². The van der Waals surface area contributed by atoms with Crippen molar-refractivity contribution in [2.24, 2.45) is 11.5 Å². The third-order valence-electron chi connectivity index (χ3n) is 3.78. The van der Waals surface area contributed by atoms with Gasteiger partial charge in [0.05, 0.1) is 11.4 Å². The summed E-state index contributed by atoms with van der Waals surface area (Å²) in [6.45, 7) is -0.0114. The molecule has 0 unspecified atom stereocenters. The predicted molar refractivity (Wildman–Crippen MR) is 79.7 cm³/mol. The molecular weight excluding hydrogens is 290 g/mol. The number of nitrogens with two attached hydrogens (primary N) is 2. The molecule has 0 heterocycles.